The topological polar surface area (TPSA) is 0 Å². The van der Waals surface area contributed by atoms with E-state index in [9.17, 15) is 0 Å². The van der Waals surface area contributed by atoms with E-state index in [0.29, 0.717) is 0 Å². The fourth-order valence-corrected chi connectivity index (χ4v) is 3.44. The summed E-state index contributed by atoms with van der Waals surface area (Å²) in [6.45, 7) is 17.8. The molecular formula is C30H52. The Balaban J connectivity index is 4.15. The summed E-state index contributed by atoms with van der Waals surface area (Å²) < 4.78 is 8.31. The van der Waals surface area contributed by atoms with Crippen LogP contribution in [0.15, 0.2) is 58.2 Å². The number of unbranched alkanes of at least 4 members (excludes halogenated alkanes) is 1. The summed E-state index contributed by atoms with van der Waals surface area (Å²) in [7, 11) is 0. The van der Waals surface area contributed by atoms with E-state index >= 15 is 0 Å². The Labute approximate surface area is 191 Å². The van der Waals surface area contributed by atoms with Crippen LogP contribution in [0.1, 0.15) is 127 Å². The molecule has 0 aromatic carbocycles. The molecule has 0 saturated heterocycles. The molecule has 0 heterocycles. The molecule has 0 aliphatic heterocycles. The average Bonchev–Trinajstić information content (AvgIpc) is 2.68. The van der Waals surface area contributed by atoms with Crippen LogP contribution >= 0.6 is 0 Å². The van der Waals surface area contributed by atoms with Gasteiger partial charge in [-0.2, -0.15) is 0 Å². The fourth-order valence-electron chi connectivity index (χ4n) is 3.44. The molecule has 0 amide bonds. The maximum absolute atomic E-state index is 8.31. The van der Waals surface area contributed by atoms with Crippen LogP contribution in [-0.4, -0.2) is 0 Å². The van der Waals surface area contributed by atoms with Gasteiger partial charge in [0.15, 0.2) is 0 Å². The van der Waals surface area contributed by atoms with Crippen LogP contribution in [0.4, 0.5) is 0 Å². The first-order chi connectivity index (χ1) is 14.6. The SMILES string of the molecule is [2H]/C(CC/C(C)=C/CC/C=C(\C)CC/C=C(\C)CCC=C(C)C)=C(/C)CCCC(C)C. The quantitative estimate of drug-likeness (QED) is 0.174. The first kappa shape index (κ1) is 26.7. The molecule has 0 N–H and O–H groups in total. The monoisotopic (exact) mass is 413 g/mol. The van der Waals surface area contributed by atoms with E-state index in [2.05, 4.69) is 79.7 Å². The standard InChI is InChI=1S/C30H52/c1-25(2)15-11-19-29(7)23-13-21-27(5)17-9-10-18-28(6)22-14-24-30(8)20-12-16-26(3)4/h15,17-18,23-24,26H,9-14,16,19-22H2,1-8H3/b27-17+,28-18+,29-23+,30-24+/i24D. The lowest BCUT2D eigenvalue weighted by molar-refractivity contribution is 0.554. The summed E-state index contributed by atoms with van der Waals surface area (Å²) in [4.78, 5) is 0. The summed E-state index contributed by atoms with van der Waals surface area (Å²) in [6.07, 6.45) is 22.0. The lowest BCUT2D eigenvalue weighted by Crippen LogP contribution is -1.87. The van der Waals surface area contributed by atoms with Crippen LogP contribution in [0.25, 0.3) is 0 Å². The lowest BCUT2D eigenvalue weighted by atomic mass is 10.0. The molecule has 0 heteroatoms. The Kier molecular flexibility index (Phi) is 16.5. The van der Waals surface area contributed by atoms with Crippen LogP contribution in [0.5, 0.6) is 0 Å². The Morgan fingerprint density at radius 3 is 1.57 bits per heavy atom. The maximum Gasteiger partial charge on any atom is 0.0575 e. The number of hydrogen-bond acceptors (Lipinski definition) is 0. The van der Waals surface area contributed by atoms with E-state index in [1.165, 1.54) is 60.0 Å². The summed E-state index contributed by atoms with van der Waals surface area (Å²) >= 11 is 0. The third-order valence-corrected chi connectivity index (χ3v) is 5.55. The van der Waals surface area contributed by atoms with Gasteiger partial charge < -0.3 is 0 Å². The van der Waals surface area contributed by atoms with Gasteiger partial charge in [0.05, 0.1) is 1.37 Å². The van der Waals surface area contributed by atoms with Crippen molar-refractivity contribution in [2.45, 2.75) is 126 Å². The van der Waals surface area contributed by atoms with Gasteiger partial charge in [-0.15, -0.1) is 0 Å². The molecule has 0 rings (SSSR count). The molecule has 0 unspecified atom stereocenters. The highest BCUT2D eigenvalue weighted by molar-refractivity contribution is 5.07. The minimum Gasteiger partial charge on any atom is -0.0856 e. The minimum atomic E-state index is 0.767. The van der Waals surface area contributed by atoms with Crippen molar-refractivity contribution >= 4 is 0 Å². The van der Waals surface area contributed by atoms with E-state index in [1.807, 2.05) is 0 Å². The average molecular weight is 414 g/mol. The number of hydrogen-bond donors (Lipinski definition) is 0. The molecule has 30 heavy (non-hydrogen) atoms. The molecule has 172 valence electrons. The molecule has 0 fully saturated rings. The van der Waals surface area contributed by atoms with Gasteiger partial charge >= 0.3 is 0 Å². The zero-order chi connectivity index (χ0) is 23.6. The molecule has 0 nitrogen and oxygen atoms in total. The molecular weight excluding hydrogens is 360 g/mol. The number of rotatable bonds is 16. The molecule has 0 saturated carbocycles. The van der Waals surface area contributed by atoms with Crippen molar-refractivity contribution in [2.24, 2.45) is 5.92 Å². The Bertz CT molecular complexity index is 633. The number of allylic oxidation sites excluding steroid dienone is 10. The highest BCUT2D eigenvalue weighted by Crippen LogP contribution is 2.15. The predicted molar refractivity (Wildman–Crippen MR) is 140 cm³/mol. The Hall–Kier alpha value is -1.30. The summed E-state index contributed by atoms with van der Waals surface area (Å²) in [5.41, 5.74) is 7.16. The summed E-state index contributed by atoms with van der Waals surface area (Å²) in [5.74, 6) is 0.767. The van der Waals surface area contributed by atoms with Gasteiger partial charge in [0.25, 0.3) is 0 Å². The molecule has 0 aromatic rings. The third-order valence-electron chi connectivity index (χ3n) is 5.55. The molecule has 0 aliphatic carbocycles. The fraction of sp³-hybridized carbons (Fsp3) is 0.667. The van der Waals surface area contributed by atoms with E-state index < -0.39 is 0 Å². The van der Waals surface area contributed by atoms with Crippen molar-refractivity contribution in [1.82, 2.24) is 0 Å². The highest BCUT2D eigenvalue weighted by Gasteiger charge is 1.96. The van der Waals surface area contributed by atoms with E-state index in [0.717, 1.165) is 50.5 Å². The van der Waals surface area contributed by atoms with Gasteiger partial charge in [-0.3, -0.25) is 0 Å². The molecule has 0 spiro atoms. The first-order valence-corrected chi connectivity index (χ1v) is 12.4. The largest absolute Gasteiger partial charge is 0.0856 e. The lowest BCUT2D eigenvalue weighted by Gasteiger charge is -2.05. The van der Waals surface area contributed by atoms with Crippen LogP contribution in [0.3, 0.4) is 0 Å². The van der Waals surface area contributed by atoms with Crippen molar-refractivity contribution in [3.8, 4) is 0 Å². The van der Waals surface area contributed by atoms with Crippen LogP contribution in [0, 0.1) is 5.92 Å². The third kappa shape index (κ3) is 20.0. The summed E-state index contributed by atoms with van der Waals surface area (Å²) in [6, 6.07) is 0.858. The van der Waals surface area contributed by atoms with E-state index in [1.54, 1.807) is 0 Å². The van der Waals surface area contributed by atoms with Gasteiger partial charge in [0, 0.05) is 0 Å². The smallest absolute Gasteiger partial charge is 0.0575 e. The van der Waals surface area contributed by atoms with Crippen molar-refractivity contribution in [3.05, 3.63) is 58.2 Å². The second kappa shape index (κ2) is 18.5. The van der Waals surface area contributed by atoms with Crippen molar-refractivity contribution < 1.29 is 1.37 Å². The van der Waals surface area contributed by atoms with E-state index in [-0.39, 0.29) is 0 Å². The van der Waals surface area contributed by atoms with Gasteiger partial charge in [0.1, 0.15) is 0 Å². The van der Waals surface area contributed by atoms with Crippen molar-refractivity contribution in [2.75, 3.05) is 0 Å². The molecule has 0 radical (unpaired) electrons. The zero-order valence-electron chi connectivity index (χ0n) is 22.7. The summed E-state index contributed by atoms with van der Waals surface area (Å²) in [5, 5.41) is 0. The second-order valence-electron chi connectivity index (χ2n) is 9.83. The van der Waals surface area contributed by atoms with Gasteiger partial charge in [0.2, 0.25) is 0 Å². The highest BCUT2D eigenvalue weighted by atomic mass is 14.0. The molecule has 0 atom stereocenters. The molecule has 0 bridgehead atoms. The van der Waals surface area contributed by atoms with Crippen LogP contribution in [-0.2, 0) is 0 Å². The van der Waals surface area contributed by atoms with E-state index in [4.69, 9.17) is 1.37 Å². The predicted octanol–water partition coefficient (Wildman–Crippen LogP) is 10.7. The van der Waals surface area contributed by atoms with Crippen molar-refractivity contribution in [3.63, 3.8) is 0 Å². The van der Waals surface area contributed by atoms with Crippen LogP contribution < -0.4 is 0 Å². The molecule has 0 aliphatic rings. The van der Waals surface area contributed by atoms with Crippen molar-refractivity contribution in [1.29, 1.82) is 0 Å². The Morgan fingerprint density at radius 1 is 0.600 bits per heavy atom. The Morgan fingerprint density at radius 2 is 1.07 bits per heavy atom. The van der Waals surface area contributed by atoms with Crippen LogP contribution in [0.2, 0.25) is 0 Å². The normalized spacial score (nSPS) is 14.7. The zero-order valence-corrected chi connectivity index (χ0v) is 21.7. The minimum absolute atomic E-state index is 0.767. The van der Waals surface area contributed by atoms with Gasteiger partial charge in [-0.05, 0) is 112 Å². The maximum atomic E-state index is 8.31. The van der Waals surface area contributed by atoms with Gasteiger partial charge in [-0.25, -0.2) is 0 Å². The van der Waals surface area contributed by atoms with Gasteiger partial charge in [-0.1, -0.05) is 78.5 Å². The second-order valence-corrected chi connectivity index (χ2v) is 9.83. The first-order valence-electron chi connectivity index (χ1n) is 12.9. The molecule has 0 aromatic heterocycles.